The molecule has 1 amide bonds. The zero-order valence-corrected chi connectivity index (χ0v) is 13.3. The number of benzene rings is 1. The number of carbonyl (C=O) groups is 1. The molecule has 1 aliphatic rings. The molecule has 4 rings (SSSR count). The second-order valence-electron chi connectivity index (χ2n) is 5.36. The van der Waals surface area contributed by atoms with Gasteiger partial charge in [-0.1, -0.05) is 17.3 Å². The summed E-state index contributed by atoms with van der Waals surface area (Å²) in [7, 11) is 1.73. The van der Waals surface area contributed by atoms with Crippen LogP contribution in [0.2, 0.25) is 0 Å². The lowest BCUT2D eigenvalue weighted by Crippen LogP contribution is -2.27. The van der Waals surface area contributed by atoms with Crippen molar-refractivity contribution in [3.8, 4) is 11.3 Å². The Morgan fingerprint density at radius 2 is 2.17 bits per heavy atom. The summed E-state index contributed by atoms with van der Waals surface area (Å²) in [5.41, 5.74) is 2.25. The van der Waals surface area contributed by atoms with Crippen molar-refractivity contribution in [1.82, 2.24) is 10.1 Å². The predicted molar refractivity (Wildman–Crippen MR) is 86.0 cm³/mol. The third kappa shape index (κ3) is 2.45. The van der Waals surface area contributed by atoms with Crippen LogP contribution >= 0.6 is 11.8 Å². The van der Waals surface area contributed by atoms with Crippen molar-refractivity contribution in [2.24, 2.45) is 0 Å². The summed E-state index contributed by atoms with van der Waals surface area (Å²) >= 11 is 1.70. The average molecular weight is 326 g/mol. The lowest BCUT2D eigenvalue weighted by Gasteiger charge is -2.17. The van der Waals surface area contributed by atoms with Gasteiger partial charge in [0.15, 0.2) is 11.5 Å². The van der Waals surface area contributed by atoms with Crippen LogP contribution in [0.4, 0.5) is 0 Å². The molecule has 116 valence electrons. The van der Waals surface area contributed by atoms with Crippen molar-refractivity contribution in [2.45, 2.75) is 17.2 Å². The van der Waals surface area contributed by atoms with Crippen LogP contribution in [0.3, 0.4) is 0 Å². The second kappa shape index (κ2) is 5.62. The standard InChI is InChI=1S/C17H14N2O3S/c1-19(9-11-5-4-8-21-11)17(20)15-13-10-23-14-7-3-2-6-12(14)16(13)22-18-15/h2-8H,9-10H2,1H3. The van der Waals surface area contributed by atoms with E-state index >= 15 is 0 Å². The van der Waals surface area contributed by atoms with Crippen LogP contribution in [0.15, 0.2) is 56.5 Å². The van der Waals surface area contributed by atoms with E-state index in [2.05, 4.69) is 11.2 Å². The van der Waals surface area contributed by atoms with Crippen molar-refractivity contribution < 1.29 is 13.7 Å². The molecule has 3 heterocycles. The minimum atomic E-state index is -0.161. The first kappa shape index (κ1) is 14.1. The molecule has 0 unspecified atom stereocenters. The monoisotopic (exact) mass is 326 g/mol. The molecule has 0 N–H and O–H groups in total. The largest absolute Gasteiger partial charge is 0.467 e. The first-order valence-corrected chi connectivity index (χ1v) is 8.21. The number of rotatable bonds is 3. The van der Waals surface area contributed by atoms with E-state index in [1.807, 2.05) is 24.3 Å². The fourth-order valence-corrected chi connectivity index (χ4v) is 3.70. The highest BCUT2D eigenvalue weighted by molar-refractivity contribution is 7.98. The zero-order valence-electron chi connectivity index (χ0n) is 12.5. The molecule has 0 saturated carbocycles. The number of hydrogen-bond acceptors (Lipinski definition) is 5. The van der Waals surface area contributed by atoms with Gasteiger partial charge in [0.25, 0.3) is 5.91 Å². The van der Waals surface area contributed by atoms with E-state index in [4.69, 9.17) is 8.94 Å². The van der Waals surface area contributed by atoms with E-state index < -0.39 is 0 Å². The molecule has 0 spiro atoms. The van der Waals surface area contributed by atoms with Gasteiger partial charge in [0.05, 0.1) is 12.8 Å². The molecular formula is C17H14N2O3S. The molecule has 0 atom stereocenters. The van der Waals surface area contributed by atoms with Crippen LogP contribution < -0.4 is 0 Å². The molecule has 0 aliphatic carbocycles. The molecular weight excluding hydrogens is 312 g/mol. The van der Waals surface area contributed by atoms with E-state index in [1.165, 1.54) is 0 Å². The second-order valence-corrected chi connectivity index (χ2v) is 6.38. The Morgan fingerprint density at radius 1 is 1.30 bits per heavy atom. The van der Waals surface area contributed by atoms with Crippen molar-refractivity contribution in [3.05, 3.63) is 59.7 Å². The van der Waals surface area contributed by atoms with Crippen LogP contribution in [0.25, 0.3) is 11.3 Å². The molecule has 6 heteroatoms. The van der Waals surface area contributed by atoms with Gasteiger partial charge in [-0.2, -0.15) is 0 Å². The zero-order chi connectivity index (χ0) is 15.8. The maximum Gasteiger partial charge on any atom is 0.276 e. The normalized spacial score (nSPS) is 12.6. The summed E-state index contributed by atoms with van der Waals surface area (Å²) in [6.07, 6.45) is 1.60. The number of carbonyl (C=O) groups excluding carboxylic acids is 1. The van der Waals surface area contributed by atoms with Crippen molar-refractivity contribution in [1.29, 1.82) is 0 Å². The third-order valence-corrected chi connectivity index (χ3v) is 4.91. The van der Waals surface area contributed by atoms with Crippen molar-refractivity contribution >= 4 is 17.7 Å². The molecule has 0 bridgehead atoms. The quantitative estimate of drug-likeness (QED) is 0.732. The summed E-state index contributed by atoms with van der Waals surface area (Å²) in [6, 6.07) is 11.6. The summed E-state index contributed by atoms with van der Waals surface area (Å²) < 4.78 is 10.8. The lowest BCUT2D eigenvalue weighted by atomic mass is 10.1. The highest BCUT2D eigenvalue weighted by atomic mass is 32.2. The first-order valence-electron chi connectivity index (χ1n) is 7.22. The lowest BCUT2D eigenvalue weighted by molar-refractivity contribution is 0.0764. The van der Waals surface area contributed by atoms with Gasteiger partial charge in [-0.25, -0.2) is 0 Å². The molecule has 5 nitrogen and oxygen atoms in total. The SMILES string of the molecule is CN(Cc1ccco1)C(=O)c1noc2c1CSc1ccccc1-2. The number of amides is 1. The van der Waals surface area contributed by atoms with Gasteiger partial charge in [0, 0.05) is 28.8 Å². The van der Waals surface area contributed by atoms with Crippen LogP contribution in [0.1, 0.15) is 21.8 Å². The number of thioether (sulfide) groups is 1. The van der Waals surface area contributed by atoms with E-state index in [1.54, 1.807) is 36.0 Å². The molecule has 3 aromatic rings. The van der Waals surface area contributed by atoms with Gasteiger partial charge in [0.2, 0.25) is 0 Å². The van der Waals surface area contributed by atoms with E-state index in [-0.39, 0.29) is 5.91 Å². The van der Waals surface area contributed by atoms with E-state index in [0.29, 0.717) is 23.8 Å². The maximum atomic E-state index is 12.7. The van der Waals surface area contributed by atoms with E-state index in [0.717, 1.165) is 21.8 Å². The highest BCUT2D eigenvalue weighted by Crippen LogP contribution is 2.42. The predicted octanol–water partition coefficient (Wildman–Crippen LogP) is 3.81. The molecule has 0 fully saturated rings. The summed E-state index contributed by atoms with van der Waals surface area (Å²) in [5.74, 6) is 1.96. The van der Waals surface area contributed by atoms with Crippen LogP contribution in [-0.2, 0) is 12.3 Å². The average Bonchev–Trinajstić information content (AvgIpc) is 3.23. The van der Waals surface area contributed by atoms with Crippen molar-refractivity contribution in [2.75, 3.05) is 7.05 Å². The maximum absolute atomic E-state index is 12.7. The molecule has 23 heavy (non-hydrogen) atoms. The first-order chi connectivity index (χ1) is 11.2. The Bertz CT molecular complexity index is 855. The van der Waals surface area contributed by atoms with E-state index in [9.17, 15) is 4.79 Å². The number of fused-ring (bicyclic) bond motifs is 3. The molecule has 1 aromatic carbocycles. The number of furan rings is 1. The van der Waals surface area contributed by atoms with Crippen molar-refractivity contribution in [3.63, 3.8) is 0 Å². The summed E-state index contributed by atoms with van der Waals surface area (Å²) in [6.45, 7) is 0.400. The fraction of sp³-hybridized carbons (Fsp3) is 0.176. The Morgan fingerprint density at radius 3 is 3.00 bits per heavy atom. The van der Waals surface area contributed by atoms with Gasteiger partial charge in [-0.15, -0.1) is 11.8 Å². The Balaban J connectivity index is 1.64. The Kier molecular flexibility index (Phi) is 3.46. The van der Waals surface area contributed by atoms with Crippen LogP contribution in [0.5, 0.6) is 0 Å². The smallest absolute Gasteiger partial charge is 0.276 e. The Hall–Kier alpha value is -2.47. The highest BCUT2D eigenvalue weighted by Gasteiger charge is 2.29. The van der Waals surface area contributed by atoms with Gasteiger partial charge in [-0.3, -0.25) is 4.79 Å². The molecule has 0 radical (unpaired) electrons. The topological polar surface area (TPSA) is 59.5 Å². The minimum absolute atomic E-state index is 0.161. The summed E-state index contributed by atoms with van der Waals surface area (Å²) in [4.78, 5) is 15.4. The number of hydrogen-bond donors (Lipinski definition) is 0. The summed E-state index contributed by atoms with van der Waals surface area (Å²) in [5, 5.41) is 4.04. The molecule has 1 aliphatic heterocycles. The van der Waals surface area contributed by atoms with Crippen LogP contribution in [-0.4, -0.2) is 23.0 Å². The van der Waals surface area contributed by atoms with Gasteiger partial charge in [0.1, 0.15) is 5.76 Å². The Labute approximate surface area is 137 Å². The molecule has 2 aromatic heterocycles. The van der Waals surface area contributed by atoms with Gasteiger partial charge in [-0.05, 0) is 24.3 Å². The number of aromatic nitrogens is 1. The van der Waals surface area contributed by atoms with Gasteiger partial charge >= 0.3 is 0 Å². The van der Waals surface area contributed by atoms with Gasteiger partial charge < -0.3 is 13.8 Å². The fourth-order valence-electron chi connectivity index (χ4n) is 2.64. The number of nitrogens with zero attached hydrogens (tertiary/aromatic N) is 2. The third-order valence-electron chi connectivity index (χ3n) is 3.81. The minimum Gasteiger partial charge on any atom is -0.467 e. The van der Waals surface area contributed by atoms with Crippen LogP contribution in [0, 0.1) is 0 Å². The molecule has 0 saturated heterocycles.